The van der Waals surface area contributed by atoms with E-state index in [0.717, 1.165) is 19.3 Å². The standard InChI is InChI=1S/C11H14Cl2N2O2/c12-8-5-9(14-10(8)13)11(17)15-4-2-1-3-7(15)6-16/h5,7,14,16H,1-4,6H2. The lowest BCUT2D eigenvalue weighted by atomic mass is 10.0. The number of rotatable bonds is 2. The minimum absolute atomic E-state index is 0.00604. The number of piperidine rings is 1. The Morgan fingerprint density at radius 1 is 1.53 bits per heavy atom. The van der Waals surface area contributed by atoms with Crippen LogP contribution in [-0.2, 0) is 0 Å². The topological polar surface area (TPSA) is 56.3 Å². The summed E-state index contributed by atoms with van der Waals surface area (Å²) in [6.07, 6.45) is 2.84. The van der Waals surface area contributed by atoms with E-state index in [2.05, 4.69) is 4.98 Å². The number of likely N-dealkylation sites (tertiary alicyclic amines) is 1. The van der Waals surface area contributed by atoms with Crippen LogP contribution in [0.15, 0.2) is 6.07 Å². The van der Waals surface area contributed by atoms with Gasteiger partial charge >= 0.3 is 0 Å². The van der Waals surface area contributed by atoms with Crippen molar-refractivity contribution >= 4 is 29.1 Å². The highest BCUT2D eigenvalue weighted by Crippen LogP contribution is 2.25. The van der Waals surface area contributed by atoms with Gasteiger partial charge in [-0.1, -0.05) is 23.2 Å². The summed E-state index contributed by atoms with van der Waals surface area (Å²) in [6, 6.07) is 1.42. The first kappa shape index (κ1) is 12.7. The monoisotopic (exact) mass is 276 g/mol. The molecule has 4 nitrogen and oxygen atoms in total. The van der Waals surface area contributed by atoms with Crippen LogP contribution in [0.2, 0.25) is 10.2 Å². The molecule has 1 aliphatic rings. The number of amides is 1. The maximum absolute atomic E-state index is 12.2. The third kappa shape index (κ3) is 2.59. The van der Waals surface area contributed by atoms with Gasteiger partial charge in [-0.2, -0.15) is 0 Å². The van der Waals surface area contributed by atoms with E-state index in [1.54, 1.807) is 4.90 Å². The molecule has 0 bridgehead atoms. The summed E-state index contributed by atoms with van der Waals surface area (Å²) in [5.41, 5.74) is 0.375. The van der Waals surface area contributed by atoms with Crippen LogP contribution in [0, 0.1) is 0 Å². The van der Waals surface area contributed by atoms with Gasteiger partial charge in [-0.3, -0.25) is 4.79 Å². The average Bonchev–Trinajstić information content (AvgIpc) is 2.68. The van der Waals surface area contributed by atoms with Crippen molar-refractivity contribution in [3.8, 4) is 0 Å². The van der Waals surface area contributed by atoms with Gasteiger partial charge in [0.15, 0.2) is 0 Å². The van der Waals surface area contributed by atoms with E-state index in [1.165, 1.54) is 6.07 Å². The smallest absolute Gasteiger partial charge is 0.270 e. The van der Waals surface area contributed by atoms with Gasteiger partial charge in [0.1, 0.15) is 10.8 Å². The fraction of sp³-hybridized carbons (Fsp3) is 0.545. The minimum Gasteiger partial charge on any atom is -0.394 e. The summed E-state index contributed by atoms with van der Waals surface area (Å²) in [6.45, 7) is 0.659. The van der Waals surface area contributed by atoms with Crippen LogP contribution in [0.25, 0.3) is 0 Å². The number of nitrogens with zero attached hydrogens (tertiary/aromatic N) is 1. The van der Waals surface area contributed by atoms with Gasteiger partial charge in [-0.05, 0) is 25.3 Å². The van der Waals surface area contributed by atoms with E-state index in [4.69, 9.17) is 23.2 Å². The molecule has 94 valence electrons. The number of nitrogens with one attached hydrogen (secondary N) is 1. The number of carbonyl (C=O) groups excluding carboxylic acids is 1. The number of hydrogen-bond acceptors (Lipinski definition) is 2. The normalized spacial score (nSPS) is 20.6. The number of hydrogen-bond donors (Lipinski definition) is 2. The summed E-state index contributed by atoms with van der Waals surface area (Å²) in [4.78, 5) is 16.6. The van der Waals surface area contributed by atoms with Gasteiger partial charge in [-0.25, -0.2) is 0 Å². The summed E-state index contributed by atoms with van der Waals surface area (Å²) in [5.74, 6) is -0.155. The molecule has 2 rings (SSSR count). The molecule has 2 N–H and O–H groups in total. The van der Waals surface area contributed by atoms with Crippen molar-refractivity contribution < 1.29 is 9.90 Å². The third-order valence-corrected chi connectivity index (χ3v) is 3.75. The van der Waals surface area contributed by atoms with E-state index in [-0.39, 0.29) is 23.7 Å². The van der Waals surface area contributed by atoms with E-state index in [1.807, 2.05) is 0 Å². The van der Waals surface area contributed by atoms with E-state index in [9.17, 15) is 9.90 Å². The molecule has 0 spiro atoms. The van der Waals surface area contributed by atoms with Crippen molar-refractivity contribution in [2.45, 2.75) is 25.3 Å². The van der Waals surface area contributed by atoms with Gasteiger partial charge in [0.25, 0.3) is 5.91 Å². The Morgan fingerprint density at radius 2 is 2.29 bits per heavy atom. The zero-order chi connectivity index (χ0) is 12.4. The van der Waals surface area contributed by atoms with E-state index < -0.39 is 0 Å². The zero-order valence-electron chi connectivity index (χ0n) is 9.25. The lowest BCUT2D eigenvalue weighted by Gasteiger charge is -2.34. The Kier molecular flexibility index (Phi) is 3.97. The predicted octanol–water partition coefficient (Wildman–Crippen LogP) is 2.31. The fourth-order valence-corrected chi connectivity index (χ4v) is 2.44. The minimum atomic E-state index is -0.155. The quantitative estimate of drug-likeness (QED) is 0.871. The Hall–Kier alpha value is -0.710. The van der Waals surface area contributed by atoms with Gasteiger partial charge < -0.3 is 15.0 Å². The Bertz CT molecular complexity index is 400. The van der Waals surface area contributed by atoms with Crippen molar-refractivity contribution in [2.75, 3.05) is 13.2 Å². The second-order valence-electron chi connectivity index (χ2n) is 4.18. The maximum Gasteiger partial charge on any atom is 0.270 e. The van der Waals surface area contributed by atoms with Crippen molar-refractivity contribution in [1.29, 1.82) is 0 Å². The van der Waals surface area contributed by atoms with Gasteiger partial charge in [0.2, 0.25) is 0 Å². The second-order valence-corrected chi connectivity index (χ2v) is 4.96. The number of aliphatic hydroxyl groups excluding tert-OH is 1. The molecule has 1 saturated heterocycles. The number of H-pyrrole nitrogens is 1. The molecule has 0 aromatic carbocycles. The number of aliphatic hydroxyl groups is 1. The first-order valence-electron chi connectivity index (χ1n) is 5.59. The van der Waals surface area contributed by atoms with E-state index in [0.29, 0.717) is 17.3 Å². The van der Waals surface area contributed by atoms with Crippen LogP contribution in [-0.4, -0.2) is 40.1 Å². The molecule has 1 amide bonds. The number of aromatic amines is 1. The highest BCUT2D eigenvalue weighted by atomic mass is 35.5. The first-order valence-corrected chi connectivity index (χ1v) is 6.35. The van der Waals surface area contributed by atoms with Gasteiger partial charge in [0, 0.05) is 6.54 Å². The molecule has 1 unspecified atom stereocenters. The van der Waals surface area contributed by atoms with Crippen molar-refractivity contribution in [1.82, 2.24) is 9.88 Å². The van der Waals surface area contributed by atoms with Crippen LogP contribution >= 0.6 is 23.2 Å². The number of halogens is 2. The highest BCUT2D eigenvalue weighted by molar-refractivity contribution is 6.41. The summed E-state index contributed by atoms with van der Waals surface area (Å²) in [5, 5.41) is 9.87. The predicted molar refractivity (Wildman–Crippen MR) is 66.6 cm³/mol. The van der Waals surface area contributed by atoms with Crippen molar-refractivity contribution in [3.63, 3.8) is 0 Å². The molecular formula is C11H14Cl2N2O2. The van der Waals surface area contributed by atoms with Crippen LogP contribution < -0.4 is 0 Å². The molecule has 0 saturated carbocycles. The van der Waals surface area contributed by atoms with Crippen molar-refractivity contribution in [3.05, 3.63) is 21.9 Å². The molecule has 1 atom stereocenters. The molecule has 2 heterocycles. The lowest BCUT2D eigenvalue weighted by molar-refractivity contribution is 0.0498. The maximum atomic E-state index is 12.2. The van der Waals surface area contributed by atoms with Crippen LogP contribution in [0.3, 0.4) is 0 Å². The fourth-order valence-electron chi connectivity index (χ4n) is 2.13. The first-order chi connectivity index (χ1) is 8.13. The molecule has 1 aromatic heterocycles. The summed E-state index contributed by atoms with van der Waals surface area (Å²) >= 11 is 11.6. The number of aromatic nitrogens is 1. The SMILES string of the molecule is O=C(c1cc(Cl)c(Cl)[nH]1)N1CCCCC1CO. The number of carbonyl (C=O) groups is 1. The van der Waals surface area contributed by atoms with Crippen LogP contribution in [0.5, 0.6) is 0 Å². The second kappa shape index (κ2) is 5.29. The largest absolute Gasteiger partial charge is 0.394 e. The van der Waals surface area contributed by atoms with E-state index >= 15 is 0 Å². The van der Waals surface area contributed by atoms with Gasteiger partial charge in [0.05, 0.1) is 17.7 Å². The zero-order valence-corrected chi connectivity index (χ0v) is 10.8. The third-order valence-electron chi connectivity index (χ3n) is 3.05. The lowest BCUT2D eigenvalue weighted by Crippen LogP contribution is -2.45. The molecule has 0 radical (unpaired) electrons. The van der Waals surface area contributed by atoms with Crippen LogP contribution in [0.4, 0.5) is 0 Å². The van der Waals surface area contributed by atoms with Crippen molar-refractivity contribution in [2.24, 2.45) is 0 Å². The molecular weight excluding hydrogens is 263 g/mol. The Labute approximate surface area is 110 Å². The molecule has 1 fully saturated rings. The van der Waals surface area contributed by atoms with Gasteiger partial charge in [-0.15, -0.1) is 0 Å². The molecule has 1 aromatic rings. The molecule has 17 heavy (non-hydrogen) atoms. The van der Waals surface area contributed by atoms with Crippen LogP contribution in [0.1, 0.15) is 29.8 Å². The summed E-state index contributed by atoms with van der Waals surface area (Å²) < 4.78 is 0. The molecule has 1 aliphatic heterocycles. The highest BCUT2D eigenvalue weighted by Gasteiger charge is 2.28. The average molecular weight is 277 g/mol. The molecule has 6 heteroatoms. The Balaban J connectivity index is 2.18. The summed E-state index contributed by atoms with van der Waals surface area (Å²) in [7, 11) is 0. The Morgan fingerprint density at radius 3 is 2.88 bits per heavy atom. The molecule has 0 aliphatic carbocycles.